The van der Waals surface area contributed by atoms with E-state index in [1.54, 1.807) is 44.2 Å². The number of hydrogen-bond donors (Lipinski definition) is 0. The Balaban J connectivity index is 1.58. The minimum atomic E-state index is -0.245. The lowest BCUT2D eigenvalue weighted by Gasteiger charge is -2.18. The number of methoxy groups -OCH3 is 1. The fourth-order valence-electron chi connectivity index (χ4n) is 3.62. The van der Waals surface area contributed by atoms with E-state index in [9.17, 15) is 9.59 Å². The number of para-hydroxylation sites is 1. The highest BCUT2D eigenvalue weighted by atomic mass is 16.5. The molecule has 0 unspecified atom stereocenters. The fraction of sp³-hybridized carbons (Fsp3) is 0.185. The predicted octanol–water partition coefficient (Wildman–Crippen LogP) is 4.93. The van der Waals surface area contributed by atoms with E-state index in [-0.39, 0.29) is 11.3 Å². The molecule has 4 aromatic rings. The van der Waals surface area contributed by atoms with E-state index in [1.165, 1.54) is 0 Å². The molecule has 0 saturated heterocycles. The van der Waals surface area contributed by atoms with Crippen LogP contribution >= 0.6 is 0 Å². The number of amides is 1. The zero-order valence-electron chi connectivity index (χ0n) is 18.8. The minimum absolute atomic E-state index is 0.143. The van der Waals surface area contributed by atoms with E-state index in [1.807, 2.05) is 54.6 Å². The summed E-state index contributed by atoms with van der Waals surface area (Å²) in [4.78, 5) is 27.8. The van der Waals surface area contributed by atoms with Gasteiger partial charge in [-0.1, -0.05) is 36.4 Å². The smallest absolute Gasteiger partial charge is 0.257 e. The van der Waals surface area contributed by atoms with Crippen LogP contribution in [-0.2, 0) is 0 Å². The summed E-state index contributed by atoms with van der Waals surface area (Å²) in [6.07, 6.45) is 0. The molecule has 0 aliphatic rings. The van der Waals surface area contributed by atoms with Gasteiger partial charge < -0.3 is 18.8 Å². The van der Waals surface area contributed by atoms with E-state index >= 15 is 0 Å². The first-order valence-corrected chi connectivity index (χ1v) is 10.6. The molecule has 0 aliphatic heterocycles. The maximum Gasteiger partial charge on any atom is 0.257 e. The summed E-state index contributed by atoms with van der Waals surface area (Å²) in [6, 6.07) is 21.7. The summed E-state index contributed by atoms with van der Waals surface area (Å²) < 4.78 is 17.0. The predicted molar refractivity (Wildman–Crippen MR) is 128 cm³/mol. The number of carbonyl (C=O) groups is 1. The third-order valence-corrected chi connectivity index (χ3v) is 5.51. The molecule has 1 aromatic heterocycles. The Morgan fingerprint density at radius 2 is 1.64 bits per heavy atom. The van der Waals surface area contributed by atoms with E-state index < -0.39 is 0 Å². The van der Waals surface area contributed by atoms with Gasteiger partial charge in [-0.25, -0.2) is 0 Å². The molecule has 1 amide bonds. The lowest BCUT2D eigenvalue weighted by Crippen LogP contribution is -2.31. The maximum atomic E-state index is 13.2. The quantitative estimate of drug-likeness (QED) is 0.405. The van der Waals surface area contributed by atoms with Crippen LogP contribution in [0, 0.1) is 6.92 Å². The van der Waals surface area contributed by atoms with Crippen LogP contribution in [0.4, 0.5) is 0 Å². The van der Waals surface area contributed by atoms with Crippen LogP contribution in [0.15, 0.2) is 82.0 Å². The Labute approximate surface area is 192 Å². The lowest BCUT2D eigenvalue weighted by atomic mass is 10.0. The molecule has 0 N–H and O–H groups in total. The number of rotatable bonds is 7. The van der Waals surface area contributed by atoms with Crippen molar-refractivity contribution in [2.24, 2.45) is 0 Å². The van der Waals surface area contributed by atoms with Crippen molar-refractivity contribution in [2.45, 2.75) is 6.92 Å². The van der Waals surface area contributed by atoms with Gasteiger partial charge >= 0.3 is 0 Å². The monoisotopic (exact) mass is 443 g/mol. The third kappa shape index (κ3) is 4.60. The number of hydrogen-bond acceptors (Lipinski definition) is 5. The number of carbonyl (C=O) groups excluding carboxylic acids is 1. The van der Waals surface area contributed by atoms with Crippen LogP contribution < -0.4 is 14.9 Å². The largest absolute Gasteiger partial charge is 0.497 e. The molecular formula is C27H25NO5. The molecule has 6 nitrogen and oxygen atoms in total. The van der Waals surface area contributed by atoms with Gasteiger partial charge in [0.25, 0.3) is 5.91 Å². The van der Waals surface area contributed by atoms with E-state index in [0.717, 1.165) is 11.3 Å². The Bertz CT molecular complexity index is 1330. The van der Waals surface area contributed by atoms with Crippen LogP contribution in [0.3, 0.4) is 0 Å². The van der Waals surface area contributed by atoms with Crippen LogP contribution in [-0.4, -0.2) is 38.1 Å². The normalized spacial score (nSPS) is 10.8. The molecule has 0 fully saturated rings. The number of benzene rings is 3. The van der Waals surface area contributed by atoms with Crippen LogP contribution in [0.2, 0.25) is 0 Å². The molecule has 6 heteroatoms. The van der Waals surface area contributed by atoms with Gasteiger partial charge in [-0.05, 0) is 43.3 Å². The Morgan fingerprint density at radius 3 is 2.33 bits per heavy atom. The molecule has 3 aromatic carbocycles. The average Bonchev–Trinajstić information content (AvgIpc) is 2.86. The van der Waals surface area contributed by atoms with Crippen molar-refractivity contribution in [1.29, 1.82) is 0 Å². The second-order valence-electron chi connectivity index (χ2n) is 7.68. The van der Waals surface area contributed by atoms with Crippen molar-refractivity contribution in [3.63, 3.8) is 0 Å². The number of likely N-dealkylation sites (N-methyl/N-ethyl adjacent to an activating group) is 1. The minimum Gasteiger partial charge on any atom is -0.497 e. The van der Waals surface area contributed by atoms with Crippen molar-refractivity contribution >= 4 is 16.9 Å². The van der Waals surface area contributed by atoms with Gasteiger partial charge in [0.1, 0.15) is 23.9 Å². The molecule has 0 radical (unpaired) electrons. The van der Waals surface area contributed by atoms with Gasteiger partial charge in [-0.3, -0.25) is 9.59 Å². The lowest BCUT2D eigenvalue weighted by molar-refractivity contribution is 0.0774. The Kier molecular flexibility index (Phi) is 6.45. The van der Waals surface area contributed by atoms with Gasteiger partial charge in [0.15, 0.2) is 11.0 Å². The summed E-state index contributed by atoms with van der Waals surface area (Å²) in [5.74, 6) is 1.66. The highest BCUT2D eigenvalue weighted by molar-refractivity contribution is 6.05. The first kappa shape index (κ1) is 22.1. The van der Waals surface area contributed by atoms with Crippen molar-refractivity contribution in [3.8, 4) is 22.8 Å². The topological polar surface area (TPSA) is 69.0 Å². The van der Waals surface area contributed by atoms with Gasteiger partial charge in [0.05, 0.1) is 24.6 Å². The first-order chi connectivity index (χ1) is 16.0. The van der Waals surface area contributed by atoms with Crippen molar-refractivity contribution in [3.05, 3.63) is 94.1 Å². The van der Waals surface area contributed by atoms with Gasteiger partial charge in [-0.15, -0.1) is 0 Å². The summed E-state index contributed by atoms with van der Waals surface area (Å²) in [7, 11) is 3.30. The molecule has 0 saturated carbocycles. The molecular weight excluding hydrogens is 418 g/mol. The molecule has 0 bridgehead atoms. The van der Waals surface area contributed by atoms with E-state index in [0.29, 0.717) is 46.8 Å². The van der Waals surface area contributed by atoms with Gasteiger partial charge in [0, 0.05) is 18.2 Å². The third-order valence-electron chi connectivity index (χ3n) is 5.51. The van der Waals surface area contributed by atoms with E-state index in [2.05, 4.69) is 0 Å². The van der Waals surface area contributed by atoms with Crippen molar-refractivity contribution < 1.29 is 18.7 Å². The molecule has 0 aliphatic carbocycles. The summed E-state index contributed by atoms with van der Waals surface area (Å²) in [6.45, 7) is 2.42. The van der Waals surface area contributed by atoms with Gasteiger partial charge in [-0.2, -0.15) is 0 Å². The highest BCUT2D eigenvalue weighted by Crippen LogP contribution is 2.27. The molecule has 33 heavy (non-hydrogen) atoms. The van der Waals surface area contributed by atoms with Gasteiger partial charge in [0.2, 0.25) is 0 Å². The summed E-state index contributed by atoms with van der Waals surface area (Å²) in [5.41, 5.74) is 1.79. The second-order valence-corrected chi connectivity index (χ2v) is 7.68. The Hall–Kier alpha value is -4.06. The molecule has 0 spiro atoms. The van der Waals surface area contributed by atoms with Crippen LogP contribution in [0.1, 0.15) is 15.9 Å². The fourth-order valence-corrected chi connectivity index (χ4v) is 3.62. The SMILES string of the molecule is COc1ccc(OCCN(C)C(=O)c2cccc3c(=O)c(C)c(-c4ccccc4)oc23)cc1. The van der Waals surface area contributed by atoms with Crippen molar-refractivity contribution in [1.82, 2.24) is 4.90 Å². The zero-order valence-corrected chi connectivity index (χ0v) is 18.8. The van der Waals surface area contributed by atoms with E-state index in [4.69, 9.17) is 13.9 Å². The van der Waals surface area contributed by atoms with Crippen LogP contribution in [0.25, 0.3) is 22.3 Å². The maximum absolute atomic E-state index is 13.2. The number of nitrogens with zero attached hydrogens (tertiary/aromatic N) is 1. The molecule has 0 atom stereocenters. The van der Waals surface area contributed by atoms with Crippen LogP contribution in [0.5, 0.6) is 11.5 Å². The molecule has 4 rings (SSSR count). The first-order valence-electron chi connectivity index (χ1n) is 10.6. The average molecular weight is 443 g/mol. The van der Waals surface area contributed by atoms with Crippen molar-refractivity contribution in [2.75, 3.05) is 27.3 Å². The number of fused-ring (bicyclic) bond motifs is 1. The summed E-state index contributed by atoms with van der Waals surface area (Å²) >= 11 is 0. The standard InChI is InChI=1S/C27H25NO5/c1-18-24(29)22-10-7-11-23(26(22)33-25(18)19-8-5-4-6-9-19)27(30)28(2)16-17-32-21-14-12-20(31-3)13-15-21/h4-15H,16-17H2,1-3H3. The highest BCUT2D eigenvalue weighted by Gasteiger charge is 2.20. The number of ether oxygens (including phenoxy) is 2. The zero-order chi connectivity index (χ0) is 23.4. The summed E-state index contributed by atoms with van der Waals surface area (Å²) in [5, 5.41) is 0.390. The molecule has 168 valence electrons. The second kappa shape index (κ2) is 9.61. The Morgan fingerprint density at radius 1 is 0.939 bits per heavy atom. The molecule has 1 heterocycles.